The van der Waals surface area contributed by atoms with Gasteiger partial charge in [0.25, 0.3) is 0 Å². The van der Waals surface area contributed by atoms with Gasteiger partial charge in [0.15, 0.2) is 0 Å². The van der Waals surface area contributed by atoms with E-state index < -0.39 is 0 Å². The Morgan fingerprint density at radius 3 is 2.53 bits per heavy atom. The molecule has 0 spiro atoms. The number of hydrogen-bond acceptors (Lipinski definition) is 5. The molecule has 43 heavy (non-hydrogen) atoms. The fourth-order valence-electron chi connectivity index (χ4n) is 5.27. The molecule has 3 aromatic carbocycles. The molecular formula is C36H44ClN3O3. The van der Waals surface area contributed by atoms with Gasteiger partial charge in [-0.15, -0.1) is 0 Å². The number of aryl methyl sites for hydroxylation is 1. The van der Waals surface area contributed by atoms with Gasteiger partial charge in [0.2, 0.25) is 5.91 Å². The molecule has 0 bridgehead atoms. The molecule has 0 radical (unpaired) electrons. The van der Waals surface area contributed by atoms with Crippen LogP contribution < -0.4 is 15.4 Å². The Kier molecular flexibility index (Phi) is 12.4. The van der Waals surface area contributed by atoms with Crippen molar-refractivity contribution >= 4 is 23.6 Å². The van der Waals surface area contributed by atoms with E-state index in [9.17, 15) is 4.79 Å². The zero-order valence-corrected chi connectivity index (χ0v) is 26.4. The average molecular weight is 602 g/mol. The third-order valence-corrected chi connectivity index (χ3v) is 8.30. The first-order valence-electron chi connectivity index (χ1n) is 15.0. The second-order valence-corrected chi connectivity index (χ2v) is 11.3. The number of carbonyl (C=O) groups is 1. The summed E-state index contributed by atoms with van der Waals surface area (Å²) >= 11 is 6.63. The first-order chi connectivity index (χ1) is 20.9. The maximum absolute atomic E-state index is 11.3. The van der Waals surface area contributed by atoms with Gasteiger partial charge >= 0.3 is 0 Å². The van der Waals surface area contributed by atoms with Crippen LogP contribution in [0, 0.1) is 20.8 Å². The normalized spacial score (nSPS) is 13.8. The molecule has 1 aliphatic rings. The van der Waals surface area contributed by atoms with E-state index in [1.165, 1.54) is 33.9 Å². The molecule has 2 N–H and O–H groups in total. The van der Waals surface area contributed by atoms with Gasteiger partial charge in [0.05, 0.1) is 18.2 Å². The van der Waals surface area contributed by atoms with Crippen LogP contribution in [0.15, 0.2) is 67.3 Å². The van der Waals surface area contributed by atoms with Gasteiger partial charge in [-0.3, -0.25) is 9.69 Å². The molecule has 7 heteroatoms. The molecule has 0 unspecified atom stereocenters. The van der Waals surface area contributed by atoms with Crippen molar-refractivity contribution in [3.63, 3.8) is 0 Å². The van der Waals surface area contributed by atoms with E-state index >= 15 is 0 Å². The van der Waals surface area contributed by atoms with Crippen molar-refractivity contribution in [1.29, 1.82) is 0 Å². The molecule has 3 aromatic rings. The number of rotatable bonds is 14. The van der Waals surface area contributed by atoms with Crippen LogP contribution in [0.5, 0.6) is 5.75 Å². The largest absolute Gasteiger partial charge is 0.487 e. The topological polar surface area (TPSA) is 62.8 Å². The fourth-order valence-corrected chi connectivity index (χ4v) is 5.51. The molecule has 4 rings (SSSR count). The first-order valence-corrected chi connectivity index (χ1v) is 15.4. The van der Waals surface area contributed by atoms with Gasteiger partial charge in [-0.2, -0.15) is 0 Å². The smallest absolute Gasteiger partial charge is 0.243 e. The van der Waals surface area contributed by atoms with Gasteiger partial charge < -0.3 is 20.1 Å². The predicted molar refractivity (Wildman–Crippen MR) is 178 cm³/mol. The van der Waals surface area contributed by atoms with Gasteiger partial charge in [-0.25, -0.2) is 0 Å². The van der Waals surface area contributed by atoms with Crippen LogP contribution in [0.1, 0.15) is 39.8 Å². The van der Waals surface area contributed by atoms with E-state index in [2.05, 4.69) is 91.4 Å². The second-order valence-electron chi connectivity index (χ2n) is 10.9. The zero-order valence-electron chi connectivity index (χ0n) is 25.7. The van der Waals surface area contributed by atoms with Crippen LogP contribution in [0.2, 0.25) is 5.02 Å². The highest BCUT2D eigenvalue weighted by atomic mass is 35.5. The number of hydrogen-bond donors (Lipinski definition) is 2. The Morgan fingerprint density at radius 2 is 1.77 bits per heavy atom. The standard InChI is InChI=1S/C36H44ClN3O3/c1-5-36(41)39-16-15-38-24-31-23-34(37)35(22-26(31)2)43-25-30-12-9-14-33(28(30)4)32-13-8-11-29(27(32)3)10-6-7-17-40-18-20-42-21-19-40/h5-6,8-14,22-23,38H,1,7,15-21,24-25H2,2-4H3,(H,39,41)/b10-6+. The van der Waals surface area contributed by atoms with Crippen LogP contribution in [0.25, 0.3) is 17.2 Å². The minimum absolute atomic E-state index is 0.171. The summed E-state index contributed by atoms with van der Waals surface area (Å²) < 4.78 is 11.7. The van der Waals surface area contributed by atoms with Crippen molar-refractivity contribution in [3.8, 4) is 16.9 Å². The van der Waals surface area contributed by atoms with Gasteiger partial charge in [0.1, 0.15) is 12.4 Å². The minimum atomic E-state index is -0.171. The summed E-state index contributed by atoms with van der Waals surface area (Å²) in [7, 11) is 0. The molecule has 1 amide bonds. The van der Waals surface area contributed by atoms with E-state index in [-0.39, 0.29) is 5.91 Å². The monoisotopic (exact) mass is 601 g/mol. The Balaban J connectivity index is 1.38. The third kappa shape index (κ3) is 9.28. The van der Waals surface area contributed by atoms with Crippen LogP contribution in [0.4, 0.5) is 0 Å². The van der Waals surface area contributed by atoms with Crippen LogP contribution in [-0.2, 0) is 22.7 Å². The van der Waals surface area contributed by atoms with Crippen molar-refractivity contribution in [2.45, 2.75) is 40.3 Å². The number of carbonyl (C=O) groups excluding carboxylic acids is 1. The summed E-state index contributed by atoms with van der Waals surface area (Å²) in [5, 5.41) is 6.67. The van der Waals surface area contributed by atoms with Crippen molar-refractivity contribution in [1.82, 2.24) is 15.5 Å². The zero-order chi connectivity index (χ0) is 30.6. The molecule has 0 aliphatic carbocycles. The summed E-state index contributed by atoms with van der Waals surface area (Å²) in [6, 6.07) is 16.9. The van der Waals surface area contributed by atoms with E-state index in [0.29, 0.717) is 37.0 Å². The minimum Gasteiger partial charge on any atom is -0.487 e. The maximum Gasteiger partial charge on any atom is 0.243 e. The molecule has 0 saturated carbocycles. The lowest BCUT2D eigenvalue weighted by Gasteiger charge is -2.25. The molecule has 1 heterocycles. The molecule has 1 saturated heterocycles. The highest BCUT2D eigenvalue weighted by molar-refractivity contribution is 6.32. The lowest BCUT2D eigenvalue weighted by Crippen LogP contribution is -2.36. The van der Waals surface area contributed by atoms with Gasteiger partial charge in [0, 0.05) is 39.3 Å². The Bertz CT molecular complexity index is 1430. The Labute approximate surface area is 261 Å². The Hall–Kier alpha value is -3.42. The number of ether oxygens (including phenoxy) is 2. The number of benzene rings is 3. The summed E-state index contributed by atoms with van der Waals surface area (Å²) in [6.07, 6.45) is 6.85. The summed E-state index contributed by atoms with van der Waals surface area (Å²) in [6.45, 7) is 16.9. The average Bonchev–Trinajstić information content (AvgIpc) is 3.01. The molecule has 228 valence electrons. The third-order valence-electron chi connectivity index (χ3n) is 8.00. The quantitative estimate of drug-likeness (QED) is 0.160. The number of halogens is 1. The Morgan fingerprint density at radius 1 is 1.02 bits per heavy atom. The van der Waals surface area contributed by atoms with Crippen molar-refractivity contribution in [2.75, 3.05) is 45.9 Å². The molecule has 0 atom stereocenters. The molecule has 1 fully saturated rings. The second kappa shape index (κ2) is 16.4. The summed E-state index contributed by atoms with van der Waals surface area (Å²) in [4.78, 5) is 13.7. The summed E-state index contributed by atoms with van der Waals surface area (Å²) in [5.74, 6) is 0.501. The van der Waals surface area contributed by atoms with E-state index in [0.717, 1.165) is 56.0 Å². The molecule has 6 nitrogen and oxygen atoms in total. The van der Waals surface area contributed by atoms with Crippen LogP contribution >= 0.6 is 11.6 Å². The summed E-state index contributed by atoms with van der Waals surface area (Å²) in [5.41, 5.74) is 9.51. The van der Waals surface area contributed by atoms with E-state index in [1.54, 1.807) is 0 Å². The molecule has 0 aromatic heterocycles. The lowest BCUT2D eigenvalue weighted by molar-refractivity contribution is -0.116. The van der Waals surface area contributed by atoms with Crippen LogP contribution in [0.3, 0.4) is 0 Å². The van der Waals surface area contributed by atoms with Crippen molar-refractivity contribution < 1.29 is 14.3 Å². The van der Waals surface area contributed by atoms with Gasteiger partial charge in [-0.1, -0.05) is 66.7 Å². The predicted octanol–water partition coefficient (Wildman–Crippen LogP) is 6.64. The molecular weight excluding hydrogens is 558 g/mol. The number of morpholine rings is 1. The highest BCUT2D eigenvalue weighted by Crippen LogP contribution is 2.33. The first kappa shape index (κ1) is 32.5. The van der Waals surface area contributed by atoms with Gasteiger partial charge in [-0.05, 0) is 89.9 Å². The fraction of sp³-hybridized carbons (Fsp3) is 0.361. The lowest BCUT2D eigenvalue weighted by atomic mass is 9.91. The van der Waals surface area contributed by atoms with Crippen LogP contribution in [-0.4, -0.2) is 56.7 Å². The SMILES string of the molecule is C=CC(=O)NCCNCc1cc(Cl)c(OCc2cccc(-c3cccc(/C=C/CCN4CCOCC4)c3C)c2C)cc1C. The number of nitrogens with zero attached hydrogens (tertiary/aromatic N) is 1. The highest BCUT2D eigenvalue weighted by Gasteiger charge is 2.13. The van der Waals surface area contributed by atoms with E-state index in [4.69, 9.17) is 21.1 Å². The molecule has 1 aliphatic heterocycles. The number of nitrogens with one attached hydrogen (secondary N) is 2. The van der Waals surface area contributed by atoms with E-state index in [1.807, 2.05) is 12.1 Å². The maximum atomic E-state index is 11.3. The number of amides is 1. The van der Waals surface area contributed by atoms with Crippen molar-refractivity contribution in [3.05, 3.63) is 106 Å². The van der Waals surface area contributed by atoms with Crippen molar-refractivity contribution in [2.24, 2.45) is 0 Å².